The largest absolute Gasteiger partial charge is 0.506 e. The molecule has 0 saturated heterocycles. The quantitative estimate of drug-likeness (QED) is 0.605. The van der Waals surface area contributed by atoms with Gasteiger partial charge in [-0.2, -0.15) is 0 Å². The highest BCUT2D eigenvalue weighted by molar-refractivity contribution is 7.21. The summed E-state index contributed by atoms with van der Waals surface area (Å²) in [5.41, 5.74) is 7.68. The third kappa shape index (κ3) is 2.05. The monoisotopic (exact) mass is 311 g/mol. The van der Waals surface area contributed by atoms with Crippen molar-refractivity contribution < 1.29 is 9.52 Å². The number of anilines is 1. The molecule has 110 valence electrons. The molecule has 0 radical (unpaired) electrons. The Labute approximate surface area is 130 Å². The van der Waals surface area contributed by atoms with E-state index in [9.17, 15) is 5.11 Å². The van der Waals surface area contributed by atoms with Crippen molar-refractivity contribution >= 4 is 27.4 Å². The zero-order valence-corrected chi connectivity index (χ0v) is 12.4. The zero-order chi connectivity index (χ0) is 15.1. The molecule has 3 heterocycles. The van der Waals surface area contributed by atoms with Crippen molar-refractivity contribution in [1.29, 1.82) is 0 Å². The van der Waals surface area contributed by atoms with E-state index in [1.165, 1.54) is 11.3 Å². The maximum absolute atomic E-state index is 10.3. The molecule has 0 bridgehead atoms. The van der Waals surface area contributed by atoms with Crippen molar-refractivity contribution in [3.8, 4) is 16.3 Å². The summed E-state index contributed by atoms with van der Waals surface area (Å²) in [6.07, 6.45) is 3.22. The molecule has 0 unspecified atom stereocenters. The number of para-hydroxylation sites is 1. The Morgan fingerprint density at radius 1 is 1.23 bits per heavy atom. The van der Waals surface area contributed by atoms with Crippen LogP contribution < -0.4 is 5.73 Å². The SMILES string of the molecule is Nc1c(-c2nc3ccccc3s2)c(O)cn1Cc1ccco1. The lowest BCUT2D eigenvalue weighted by atomic mass is 10.3. The number of aromatic hydroxyl groups is 1. The first kappa shape index (κ1) is 13.0. The number of thiazole rings is 1. The Hall–Kier alpha value is -2.73. The summed E-state index contributed by atoms with van der Waals surface area (Å²) in [7, 11) is 0. The first-order chi connectivity index (χ1) is 10.7. The van der Waals surface area contributed by atoms with Crippen LogP contribution in [-0.2, 0) is 6.54 Å². The van der Waals surface area contributed by atoms with E-state index in [4.69, 9.17) is 10.2 Å². The highest BCUT2D eigenvalue weighted by Gasteiger charge is 2.19. The van der Waals surface area contributed by atoms with Gasteiger partial charge in [-0.15, -0.1) is 11.3 Å². The third-order valence-electron chi connectivity index (χ3n) is 3.51. The zero-order valence-electron chi connectivity index (χ0n) is 11.6. The Kier molecular flexibility index (Phi) is 2.90. The molecule has 1 aromatic carbocycles. The summed E-state index contributed by atoms with van der Waals surface area (Å²) in [5.74, 6) is 1.38. The molecule has 4 aromatic rings. The van der Waals surface area contributed by atoms with Crippen molar-refractivity contribution in [2.75, 3.05) is 5.73 Å². The number of fused-ring (bicyclic) bond motifs is 1. The molecule has 6 heteroatoms. The Bertz CT molecular complexity index is 905. The van der Waals surface area contributed by atoms with Gasteiger partial charge in [0.2, 0.25) is 0 Å². The molecule has 0 spiro atoms. The lowest BCUT2D eigenvalue weighted by Crippen LogP contribution is -2.02. The van der Waals surface area contributed by atoms with Crippen LogP contribution in [0.5, 0.6) is 5.75 Å². The number of hydrogen-bond donors (Lipinski definition) is 2. The summed E-state index contributed by atoms with van der Waals surface area (Å²) in [5, 5.41) is 11.0. The number of nitrogens with zero attached hydrogens (tertiary/aromatic N) is 2. The molecule has 3 aromatic heterocycles. The Balaban J connectivity index is 1.79. The Morgan fingerprint density at radius 3 is 2.86 bits per heavy atom. The molecule has 4 rings (SSSR count). The first-order valence-electron chi connectivity index (χ1n) is 6.78. The summed E-state index contributed by atoms with van der Waals surface area (Å²) >= 11 is 1.51. The summed E-state index contributed by atoms with van der Waals surface area (Å²) in [6.45, 7) is 0.470. The number of rotatable bonds is 3. The number of hydrogen-bond acceptors (Lipinski definition) is 5. The lowest BCUT2D eigenvalue weighted by molar-refractivity contribution is 0.470. The maximum atomic E-state index is 10.3. The molecule has 0 aliphatic rings. The molecular formula is C16H13N3O2S. The fourth-order valence-electron chi connectivity index (χ4n) is 2.46. The lowest BCUT2D eigenvalue weighted by Gasteiger charge is -2.03. The van der Waals surface area contributed by atoms with Crippen LogP contribution in [0, 0.1) is 0 Å². The molecule has 5 nitrogen and oxygen atoms in total. The first-order valence-corrected chi connectivity index (χ1v) is 7.60. The second-order valence-corrected chi connectivity index (χ2v) is 6.00. The van der Waals surface area contributed by atoms with Gasteiger partial charge >= 0.3 is 0 Å². The van der Waals surface area contributed by atoms with Crippen LogP contribution >= 0.6 is 11.3 Å². The predicted molar refractivity (Wildman–Crippen MR) is 86.9 cm³/mol. The minimum absolute atomic E-state index is 0.128. The molecule has 22 heavy (non-hydrogen) atoms. The molecule has 0 aliphatic heterocycles. The van der Waals surface area contributed by atoms with E-state index in [0.717, 1.165) is 21.0 Å². The van der Waals surface area contributed by atoms with Crippen LogP contribution in [0.3, 0.4) is 0 Å². The number of furan rings is 1. The van der Waals surface area contributed by atoms with Gasteiger partial charge in [0.05, 0.1) is 28.6 Å². The van der Waals surface area contributed by atoms with Crippen LogP contribution in [0.25, 0.3) is 20.8 Å². The van der Waals surface area contributed by atoms with Crippen LogP contribution in [0.1, 0.15) is 5.76 Å². The highest BCUT2D eigenvalue weighted by atomic mass is 32.1. The van der Waals surface area contributed by atoms with Crippen LogP contribution in [-0.4, -0.2) is 14.7 Å². The average molecular weight is 311 g/mol. The van der Waals surface area contributed by atoms with Crippen molar-refractivity contribution in [3.05, 3.63) is 54.6 Å². The molecule has 0 aliphatic carbocycles. The van der Waals surface area contributed by atoms with E-state index in [1.807, 2.05) is 36.4 Å². The van der Waals surface area contributed by atoms with Gasteiger partial charge in [0.25, 0.3) is 0 Å². The van der Waals surface area contributed by atoms with Gasteiger partial charge in [-0.3, -0.25) is 0 Å². The number of nitrogens with two attached hydrogens (primary N) is 1. The topological polar surface area (TPSA) is 77.2 Å². The van der Waals surface area contributed by atoms with E-state index in [0.29, 0.717) is 17.9 Å². The minimum Gasteiger partial charge on any atom is -0.506 e. The molecule has 0 fully saturated rings. The van der Waals surface area contributed by atoms with Gasteiger partial charge in [0, 0.05) is 6.20 Å². The van der Waals surface area contributed by atoms with E-state index < -0.39 is 0 Å². The molecule has 3 N–H and O–H groups in total. The van der Waals surface area contributed by atoms with E-state index in [2.05, 4.69) is 4.98 Å². The van der Waals surface area contributed by atoms with Crippen molar-refractivity contribution in [2.45, 2.75) is 6.54 Å². The van der Waals surface area contributed by atoms with E-state index in [-0.39, 0.29) is 5.75 Å². The van der Waals surface area contributed by atoms with Gasteiger partial charge in [-0.1, -0.05) is 12.1 Å². The van der Waals surface area contributed by atoms with E-state index in [1.54, 1.807) is 17.0 Å². The predicted octanol–water partition coefficient (Wildman–Crippen LogP) is 3.69. The fourth-order valence-corrected chi connectivity index (χ4v) is 3.48. The average Bonchev–Trinajstić information content (AvgIpc) is 3.19. The van der Waals surface area contributed by atoms with Crippen molar-refractivity contribution in [2.24, 2.45) is 0 Å². The van der Waals surface area contributed by atoms with Crippen LogP contribution in [0.15, 0.2) is 53.3 Å². The fraction of sp³-hybridized carbons (Fsp3) is 0.0625. The van der Waals surface area contributed by atoms with Crippen LogP contribution in [0.4, 0.5) is 5.82 Å². The normalized spacial score (nSPS) is 11.3. The van der Waals surface area contributed by atoms with E-state index >= 15 is 0 Å². The molecular weight excluding hydrogens is 298 g/mol. The Morgan fingerprint density at radius 2 is 2.09 bits per heavy atom. The summed E-state index contributed by atoms with van der Waals surface area (Å²) in [4.78, 5) is 4.56. The van der Waals surface area contributed by atoms with Gasteiger partial charge in [-0.05, 0) is 24.3 Å². The number of nitrogen functional groups attached to an aromatic ring is 1. The second-order valence-electron chi connectivity index (χ2n) is 4.97. The van der Waals surface area contributed by atoms with Gasteiger partial charge < -0.3 is 19.8 Å². The van der Waals surface area contributed by atoms with Gasteiger partial charge in [-0.25, -0.2) is 4.98 Å². The second kappa shape index (κ2) is 4.92. The summed E-state index contributed by atoms with van der Waals surface area (Å²) in [6, 6.07) is 11.6. The van der Waals surface area contributed by atoms with Crippen molar-refractivity contribution in [1.82, 2.24) is 9.55 Å². The third-order valence-corrected chi connectivity index (χ3v) is 4.57. The van der Waals surface area contributed by atoms with Crippen LogP contribution in [0.2, 0.25) is 0 Å². The standard InChI is InChI=1S/C16H13N3O2S/c17-15-14(16-18-11-5-1-2-6-13(11)22-16)12(20)9-19(15)8-10-4-3-7-21-10/h1-7,9,20H,8,17H2. The number of aromatic nitrogens is 2. The number of benzene rings is 1. The minimum atomic E-state index is 0.128. The molecule has 0 amide bonds. The smallest absolute Gasteiger partial charge is 0.145 e. The van der Waals surface area contributed by atoms with Gasteiger partial charge in [0.15, 0.2) is 0 Å². The summed E-state index contributed by atoms with van der Waals surface area (Å²) < 4.78 is 8.15. The van der Waals surface area contributed by atoms with Crippen molar-refractivity contribution in [3.63, 3.8) is 0 Å². The van der Waals surface area contributed by atoms with Gasteiger partial charge in [0.1, 0.15) is 22.3 Å². The maximum Gasteiger partial charge on any atom is 0.145 e. The highest BCUT2D eigenvalue weighted by Crippen LogP contribution is 2.40. The molecule has 0 saturated carbocycles. The molecule has 0 atom stereocenters.